The number of piperazine rings is 1. The van der Waals surface area contributed by atoms with E-state index >= 15 is 0 Å². The summed E-state index contributed by atoms with van der Waals surface area (Å²) in [7, 11) is -2.15. The Morgan fingerprint density at radius 3 is 2.18 bits per heavy atom. The predicted octanol–water partition coefficient (Wildman–Crippen LogP) is 3.87. The van der Waals surface area contributed by atoms with Gasteiger partial charge in [-0.2, -0.15) is 14.2 Å². The lowest BCUT2D eigenvalue weighted by molar-refractivity contribution is -0.988. The van der Waals surface area contributed by atoms with Crippen LogP contribution in [0.3, 0.4) is 0 Å². The van der Waals surface area contributed by atoms with Gasteiger partial charge in [-0.1, -0.05) is 66.2 Å². The zero-order chi connectivity index (χ0) is 38.5. The van der Waals surface area contributed by atoms with Crippen molar-refractivity contribution in [3.63, 3.8) is 0 Å². The number of sulfonamides is 1. The van der Waals surface area contributed by atoms with E-state index in [4.69, 9.17) is 26.9 Å². The number of nitrogens with zero attached hydrogens (tertiary/aromatic N) is 4. The van der Waals surface area contributed by atoms with Crippen LogP contribution in [0.25, 0.3) is 11.1 Å². The number of Topliss-reactive ketones (excluding diaryl/α,β-unsaturated/α-hetero) is 2. The average Bonchev–Trinajstić information content (AvgIpc) is 3.21. The summed E-state index contributed by atoms with van der Waals surface area (Å²) in [6.07, 6.45) is 1.45. The second-order valence-corrected chi connectivity index (χ2v) is 16.3. The molecule has 0 bridgehead atoms. The molecule has 7 rings (SSSR count). The van der Waals surface area contributed by atoms with Gasteiger partial charge in [0, 0.05) is 67.7 Å². The number of benzene rings is 4. The SMILES string of the molecule is CO[NH2+]N(CCCc1ccc(N2CCN(Cc3cc(S(=O)(=O)N4CCOCC4)ccc3-c3ccc(Cl)cc3)CC2)cc1)C1=C(N)C(=O)c2ccccc2C1=O. The summed E-state index contributed by atoms with van der Waals surface area (Å²) in [5.41, 5.74) is 13.6. The minimum absolute atomic E-state index is 0.0753. The van der Waals surface area contributed by atoms with Crippen LogP contribution >= 0.6 is 11.6 Å². The van der Waals surface area contributed by atoms with Crippen LogP contribution < -0.4 is 16.2 Å². The Morgan fingerprint density at radius 2 is 1.51 bits per heavy atom. The first kappa shape index (κ1) is 38.7. The number of fused-ring (bicyclic) bond motifs is 1. The van der Waals surface area contributed by atoms with Crippen molar-refractivity contribution in [2.75, 3.05) is 71.0 Å². The average molecular weight is 786 g/mol. The number of quaternary nitrogens is 1. The van der Waals surface area contributed by atoms with Gasteiger partial charge in [-0.05, 0) is 71.5 Å². The van der Waals surface area contributed by atoms with E-state index in [9.17, 15) is 18.0 Å². The Morgan fingerprint density at radius 1 is 0.836 bits per heavy atom. The summed E-state index contributed by atoms with van der Waals surface area (Å²) < 4.78 is 34.1. The third-order valence-corrected chi connectivity index (χ3v) is 12.6. The van der Waals surface area contributed by atoms with Crippen molar-refractivity contribution in [1.82, 2.24) is 14.2 Å². The fourth-order valence-corrected chi connectivity index (χ4v) is 9.04. The number of ether oxygens (including phenoxy) is 1. The van der Waals surface area contributed by atoms with Crippen LogP contribution in [0.4, 0.5) is 5.69 Å². The van der Waals surface area contributed by atoms with E-state index in [1.165, 1.54) is 17.0 Å². The molecule has 0 saturated carbocycles. The first-order valence-electron chi connectivity index (χ1n) is 18.5. The number of carbonyl (C=O) groups excluding carboxylic acids is 2. The molecule has 3 aliphatic rings. The fourth-order valence-electron chi connectivity index (χ4n) is 7.45. The summed E-state index contributed by atoms with van der Waals surface area (Å²) in [5, 5.41) is 2.28. The monoisotopic (exact) mass is 785 g/mol. The van der Waals surface area contributed by atoms with Crippen molar-refractivity contribution in [2.24, 2.45) is 5.73 Å². The molecule has 14 heteroatoms. The van der Waals surface area contributed by atoms with E-state index in [2.05, 4.69) is 34.1 Å². The smallest absolute Gasteiger partial charge is 0.243 e. The quantitative estimate of drug-likeness (QED) is 0.152. The highest BCUT2D eigenvalue weighted by Gasteiger charge is 2.36. The highest BCUT2D eigenvalue weighted by molar-refractivity contribution is 7.89. The number of morpholine rings is 1. The van der Waals surface area contributed by atoms with Gasteiger partial charge >= 0.3 is 0 Å². The minimum Gasteiger partial charge on any atom is -0.394 e. The Hall–Kier alpha value is -4.60. The molecule has 0 radical (unpaired) electrons. The molecule has 0 amide bonds. The van der Waals surface area contributed by atoms with Crippen LogP contribution in [-0.4, -0.2) is 100 Å². The van der Waals surface area contributed by atoms with Gasteiger partial charge < -0.3 is 15.4 Å². The number of allylic oxidation sites excluding steroid dienone is 2. The summed E-state index contributed by atoms with van der Waals surface area (Å²) in [4.78, 5) is 36.6. The molecule has 2 heterocycles. The molecule has 0 spiro atoms. The van der Waals surface area contributed by atoms with Gasteiger partial charge in [0.15, 0.2) is 5.70 Å². The van der Waals surface area contributed by atoms with Crippen molar-refractivity contribution in [3.8, 4) is 11.1 Å². The number of carbonyl (C=O) groups is 2. The van der Waals surface area contributed by atoms with Gasteiger partial charge in [0.05, 0.1) is 31.8 Å². The molecule has 4 aromatic rings. The van der Waals surface area contributed by atoms with E-state index in [1.807, 2.05) is 36.4 Å². The van der Waals surface area contributed by atoms with Crippen LogP contribution in [0.15, 0.2) is 107 Å². The lowest BCUT2D eigenvalue weighted by atomic mass is 9.90. The molecule has 288 valence electrons. The largest absolute Gasteiger partial charge is 0.394 e. The molecule has 55 heavy (non-hydrogen) atoms. The molecule has 0 atom stereocenters. The highest BCUT2D eigenvalue weighted by atomic mass is 35.5. The summed E-state index contributed by atoms with van der Waals surface area (Å²) in [6, 6.07) is 28.4. The second-order valence-electron chi connectivity index (χ2n) is 13.9. The summed E-state index contributed by atoms with van der Waals surface area (Å²) in [6.45, 7) is 5.84. The van der Waals surface area contributed by atoms with Gasteiger partial charge in [0.25, 0.3) is 0 Å². The van der Waals surface area contributed by atoms with Crippen LogP contribution in [0, 0.1) is 0 Å². The predicted molar refractivity (Wildman–Crippen MR) is 211 cm³/mol. The topological polar surface area (TPSA) is 142 Å². The minimum atomic E-state index is -3.65. The molecule has 2 saturated heterocycles. The summed E-state index contributed by atoms with van der Waals surface area (Å²) in [5.74, 6) is -0.652. The molecule has 2 fully saturated rings. The van der Waals surface area contributed by atoms with Crippen molar-refractivity contribution >= 4 is 38.9 Å². The Bertz CT molecular complexity index is 2170. The maximum absolute atomic E-state index is 13.6. The Kier molecular flexibility index (Phi) is 12.0. The van der Waals surface area contributed by atoms with Crippen LogP contribution in [-0.2, 0) is 32.6 Å². The first-order chi connectivity index (χ1) is 26.6. The van der Waals surface area contributed by atoms with Gasteiger partial charge in [-0.25, -0.2) is 8.42 Å². The third-order valence-electron chi connectivity index (χ3n) is 10.4. The Labute approximate surface area is 327 Å². The van der Waals surface area contributed by atoms with Gasteiger partial charge in [0.1, 0.15) is 5.70 Å². The number of hydrogen-bond acceptors (Lipinski definition) is 10. The molecule has 1 aliphatic carbocycles. The van der Waals surface area contributed by atoms with Gasteiger partial charge in [0.2, 0.25) is 21.6 Å². The number of hydrogen-bond donors (Lipinski definition) is 2. The molecule has 12 nitrogen and oxygen atoms in total. The van der Waals surface area contributed by atoms with E-state index in [0.717, 1.165) is 60.5 Å². The normalized spacial score (nSPS) is 17.1. The van der Waals surface area contributed by atoms with Crippen LogP contribution in [0.2, 0.25) is 5.02 Å². The summed E-state index contributed by atoms with van der Waals surface area (Å²) >= 11 is 6.20. The second kappa shape index (κ2) is 17.0. The number of anilines is 1. The van der Waals surface area contributed by atoms with Crippen molar-refractivity contribution < 1.29 is 33.2 Å². The maximum Gasteiger partial charge on any atom is 0.243 e. The molecule has 0 aromatic heterocycles. The fraction of sp³-hybridized carbons (Fsp3) is 0.317. The number of ketones is 2. The van der Waals surface area contributed by atoms with E-state index < -0.39 is 10.0 Å². The molecule has 4 N–H and O–H groups in total. The van der Waals surface area contributed by atoms with E-state index in [1.54, 1.807) is 35.3 Å². The lowest BCUT2D eigenvalue weighted by Crippen LogP contribution is -2.92. The third kappa shape index (κ3) is 8.48. The number of aryl methyl sites for hydroxylation is 1. The Balaban J connectivity index is 0.972. The number of halogens is 1. The van der Waals surface area contributed by atoms with E-state index in [-0.39, 0.29) is 23.0 Å². The zero-order valence-corrected chi connectivity index (χ0v) is 32.4. The molecular formula is C41H46ClN6O6S+. The van der Waals surface area contributed by atoms with Crippen LogP contribution in [0.1, 0.15) is 38.3 Å². The van der Waals surface area contributed by atoms with Gasteiger partial charge in [-0.15, -0.1) is 5.59 Å². The lowest BCUT2D eigenvalue weighted by Gasteiger charge is -2.36. The van der Waals surface area contributed by atoms with Crippen molar-refractivity contribution in [3.05, 3.63) is 130 Å². The first-order valence-corrected chi connectivity index (χ1v) is 20.3. The highest BCUT2D eigenvalue weighted by Crippen LogP contribution is 2.31. The van der Waals surface area contributed by atoms with E-state index in [0.29, 0.717) is 66.9 Å². The standard InChI is InChI=1S/C41H45ClN6O6S/c1-53-44-48(39-38(43)40(49)36-6-2-3-7-37(36)41(39)50)18-4-5-29-8-14-33(15-9-29)46-21-19-45(20-22-46)28-31-27-34(55(51,52)47-23-25-54-26-24-47)16-17-35(31)30-10-12-32(42)13-11-30/h2-3,6-17,27,44H,4-5,18-26,28,43H2,1H3/p+1. The number of nitrogens with two attached hydrogens (primary N) is 2. The van der Waals surface area contributed by atoms with Crippen molar-refractivity contribution in [2.45, 2.75) is 24.3 Å². The molecule has 0 unspecified atom stereocenters. The van der Waals surface area contributed by atoms with Crippen LogP contribution in [0.5, 0.6) is 0 Å². The van der Waals surface area contributed by atoms with Gasteiger partial charge in [-0.3, -0.25) is 14.5 Å². The molecule has 2 aliphatic heterocycles. The van der Waals surface area contributed by atoms with Crippen molar-refractivity contribution in [1.29, 1.82) is 0 Å². The number of rotatable bonds is 13. The molecule has 4 aromatic carbocycles. The molecular weight excluding hydrogens is 740 g/mol. The maximum atomic E-state index is 13.6. The zero-order valence-electron chi connectivity index (χ0n) is 30.8.